The van der Waals surface area contributed by atoms with E-state index in [1.54, 1.807) is 0 Å². The maximum absolute atomic E-state index is 2.25. The van der Waals surface area contributed by atoms with Crippen LogP contribution >= 0.6 is 0 Å². The van der Waals surface area contributed by atoms with Gasteiger partial charge in [-0.2, -0.15) is 0 Å². The van der Waals surface area contributed by atoms with Gasteiger partial charge >= 0.3 is 0 Å². The van der Waals surface area contributed by atoms with Crippen molar-refractivity contribution in [1.29, 1.82) is 0 Å². The van der Waals surface area contributed by atoms with Crippen molar-refractivity contribution >= 4 is 0 Å². The third-order valence-corrected chi connectivity index (χ3v) is 1.44. The van der Waals surface area contributed by atoms with Gasteiger partial charge in [0.25, 0.3) is 0 Å². The molecule has 0 heteroatoms. The van der Waals surface area contributed by atoms with Crippen molar-refractivity contribution in [2.24, 2.45) is 5.92 Å². The Labute approximate surface area is 107 Å². The number of hydrogen-bond acceptors (Lipinski definition) is 0. The van der Waals surface area contributed by atoms with Crippen molar-refractivity contribution in [2.75, 3.05) is 0 Å². The van der Waals surface area contributed by atoms with E-state index < -0.39 is 0 Å². The summed E-state index contributed by atoms with van der Waals surface area (Å²) in [5.74, 6) is 0.898. The number of hydrogen-bond donors (Lipinski definition) is 0. The zero-order chi connectivity index (χ0) is 14.0. The van der Waals surface area contributed by atoms with Crippen LogP contribution in [-0.4, -0.2) is 0 Å². The molecular weight excluding hydrogens is 192 g/mol. The van der Waals surface area contributed by atoms with Crippen LogP contribution in [0.2, 0.25) is 0 Å². The second-order valence-corrected chi connectivity index (χ2v) is 4.26. The Bertz CT molecular complexity index is 94.6. The standard InChI is InChI=1S/C6H14.C5H10.C3H8.C2H6/c1-4-5-6(2)3;1-4-5(2)3;1-3-2;1-2/h6H,4-5H2,1-3H3;4H,1-3H3;3H2,1-2H3;1-2H3. The van der Waals surface area contributed by atoms with Crippen LogP contribution in [0.5, 0.6) is 0 Å². The van der Waals surface area contributed by atoms with Crippen molar-refractivity contribution < 1.29 is 0 Å². The van der Waals surface area contributed by atoms with E-state index in [1.165, 1.54) is 24.8 Å². The summed E-state index contributed by atoms with van der Waals surface area (Å²) in [5, 5.41) is 0. The smallest absolute Gasteiger partial charge is 0.0442 e. The van der Waals surface area contributed by atoms with Crippen molar-refractivity contribution in [1.82, 2.24) is 0 Å². The summed E-state index contributed by atoms with van der Waals surface area (Å²) in [6.45, 7) is 21.2. The van der Waals surface area contributed by atoms with Crippen molar-refractivity contribution in [2.45, 2.75) is 88.5 Å². The molecule has 0 aliphatic heterocycles. The van der Waals surface area contributed by atoms with Crippen LogP contribution in [0.25, 0.3) is 0 Å². The second-order valence-electron chi connectivity index (χ2n) is 4.26. The fraction of sp³-hybridized carbons (Fsp3) is 0.875. The normalized spacial score (nSPS) is 7.44. The minimum Gasteiger partial charge on any atom is -0.0890 e. The molecular formula is C16H38. The van der Waals surface area contributed by atoms with Gasteiger partial charge in [0.15, 0.2) is 0 Å². The predicted molar refractivity (Wildman–Crippen MR) is 82.2 cm³/mol. The van der Waals surface area contributed by atoms with Gasteiger partial charge < -0.3 is 0 Å². The lowest BCUT2D eigenvalue weighted by atomic mass is 10.1. The molecule has 0 rings (SSSR count). The molecule has 0 unspecified atom stereocenters. The molecule has 0 radical (unpaired) electrons. The molecule has 0 saturated heterocycles. The molecule has 0 aliphatic rings. The van der Waals surface area contributed by atoms with E-state index in [9.17, 15) is 0 Å². The minimum atomic E-state index is 0.898. The maximum atomic E-state index is 2.25. The average molecular weight is 230 g/mol. The highest BCUT2D eigenvalue weighted by Crippen LogP contribution is 2.00. The maximum Gasteiger partial charge on any atom is -0.0442 e. The molecule has 0 N–H and O–H groups in total. The Morgan fingerprint density at radius 1 is 1.00 bits per heavy atom. The van der Waals surface area contributed by atoms with E-state index in [-0.39, 0.29) is 0 Å². The summed E-state index contributed by atoms with van der Waals surface area (Å²) in [4.78, 5) is 0. The van der Waals surface area contributed by atoms with Crippen LogP contribution in [0.15, 0.2) is 11.6 Å². The monoisotopic (exact) mass is 230 g/mol. The molecule has 0 atom stereocenters. The van der Waals surface area contributed by atoms with Gasteiger partial charge in [-0.25, -0.2) is 0 Å². The summed E-state index contributed by atoms with van der Waals surface area (Å²) >= 11 is 0. The van der Waals surface area contributed by atoms with Crippen LogP contribution < -0.4 is 0 Å². The third-order valence-electron chi connectivity index (χ3n) is 1.44. The summed E-state index contributed by atoms with van der Waals surface area (Å²) in [7, 11) is 0. The van der Waals surface area contributed by atoms with Gasteiger partial charge in [-0.1, -0.05) is 79.4 Å². The van der Waals surface area contributed by atoms with Crippen molar-refractivity contribution in [3.8, 4) is 0 Å². The summed E-state index contributed by atoms with van der Waals surface area (Å²) in [5.41, 5.74) is 1.38. The molecule has 0 aliphatic carbocycles. The quantitative estimate of drug-likeness (QED) is 0.455. The largest absolute Gasteiger partial charge is 0.0890 e. The van der Waals surface area contributed by atoms with E-state index in [0.717, 1.165) is 5.92 Å². The fourth-order valence-corrected chi connectivity index (χ4v) is 0.577. The molecule has 0 spiro atoms. The molecule has 0 aromatic heterocycles. The molecule has 0 saturated carbocycles. The molecule has 0 aromatic carbocycles. The molecule has 0 nitrogen and oxygen atoms in total. The van der Waals surface area contributed by atoms with E-state index in [2.05, 4.69) is 54.5 Å². The molecule has 0 aromatic rings. The lowest BCUT2D eigenvalue weighted by molar-refractivity contribution is 0.576. The van der Waals surface area contributed by atoms with E-state index in [4.69, 9.17) is 0 Å². The van der Waals surface area contributed by atoms with E-state index in [0.29, 0.717) is 0 Å². The molecule has 0 bridgehead atoms. The Morgan fingerprint density at radius 2 is 1.25 bits per heavy atom. The molecule has 102 valence electrons. The van der Waals surface area contributed by atoms with Crippen LogP contribution in [0.4, 0.5) is 0 Å². The van der Waals surface area contributed by atoms with Crippen LogP contribution in [0, 0.1) is 5.92 Å². The van der Waals surface area contributed by atoms with Gasteiger partial charge in [0.1, 0.15) is 0 Å². The van der Waals surface area contributed by atoms with Gasteiger partial charge in [0, 0.05) is 0 Å². The van der Waals surface area contributed by atoms with E-state index >= 15 is 0 Å². The highest BCUT2D eigenvalue weighted by Gasteiger charge is 1.85. The summed E-state index contributed by atoms with van der Waals surface area (Å²) in [6, 6.07) is 0. The lowest BCUT2D eigenvalue weighted by Crippen LogP contribution is -1.81. The van der Waals surface area contributed by atoms with Crippen LogP contribution in [0.3, 0.4) is 0 Å². The van der Waals surface area contributed by atoms with Crippen molar-refractivity contribution in [3.05, 3.63) is 11.6 Å². The van der Waals surface area contributed by atoms with Gasteiger partial charge in [-0.05, 0) is 26.7 Å². The highest BCUT2D eigenvalue weighted by atomic mass is 13.9. The topological polar surface area (TPSA) is 0 Å². The predicted octanol–water partition coefficient (Wildman–Crippen LogP) is 6.86. The van der Waals surface area contributed by atoms with Gasteiger partial charge in [0.05, 0.1) is 0 Å². The first-order valence-corrected chi connectivity index (χ1v) is 7.05. The minimum absolute atomic E-state index is 0.898. The van der Waals surface area contributed by atoms with Gasteiger partial charge in [0.2, 0.25) is 0 Å². The number of allylic oxidation sites excluding steroid dienone is 2. The lowest BCUT2D eigenvalue weighted by Gasteiger charge is -1.95. The zero-order valence-corrected chi connectivity index (χ0v) is 13.8. The van der Waals surface area contributed by atoms with Crippen LogP contribution in [0.1, 0.15) is 88.5 Å². The van der Waals surface area contributed by atoms with E-state index in [1.807, 2.05) is 20.8 Å². The Hall–Kier alpha value is -0.260. The Morgan fingerprint density at radius 3 is 1.25 bits per heavy atom. The first-order valence-electron chi connectivity index (χ1n) is 7.05. The SMILES string of the molecule is CC.CC=C(C)C.CCC.CCCC(C)C. The van der Waals surface area contributed by atoms with Gasteiger partial charge in [-0.15, -0.1) is 0 Å². The Kier molecular flexibility index (Phi) is 45.5. The summed E-state index contributed by atoms with van der Waals surface area (Å²) in [6.07, 6.45) is 6.04. The van der Waals surface area contributed by atoms with Crippen LogP contribution in [-0.2, 0) is 0 Å². The average Bonchev–Trinajstić information content (AvgIpc) is 2.22. The Balaban J connectivity index is -0.0000000653. The zero-order valence-electron chi connectivity index (χ0n) is 13.8. The molecule has 0 amide bonds. The third kappa shape index (κ3) is 99.3. The first kappa shape index (κ1) is 24.8. The number of rotatable bonds is 2. The molecule has 0 heterocycles. The first-order chi connectivity index (χ1) is 7.45. The van der Waals surface area contributed by atoms with Crippen molar-refractivity contribution in [3.63, 3.8) is 0 Å². The molecule has 16 heavy (non-hydrogen) atoms. The molecule has 0 fully saturated rings. The highest BCUT2D eigenvalue weighted by molar-refractivity contribution is 4.88. The van der Waals surface area contributed by atoms with Gasteiger partial charge in [-0.3, -0.25) is 0 Å². The second kappa shape index (κ2) is 29.3. The summed E-state index contributed by atoms with van der Waals surface area (Å²) < 4.78 is 0. The fourth-order valence-electron chi connectivity index (χ4n) is 0.577.